The van der Waals surface area contributed by atoms with Gasteiger partial charge in [-0.25, -0.2) is 0 Å². The fraction of sp³-hybridized carbons (Fsp3) is 0.625. The van der Waals surface area contributed by atoms with Crippen molar-refractivity contribution in [3.05, 3.63) is 18.2 Å². The Morgan fingerprint density at radius 2 is 2.15 bits per heavy atom. The molecule has 1 aromatic carbocycles. The zero-order chi connectivity index (χ0) is 14.4. The van der Waals surface area contributed by atoms with Gasteiger partial charge in [-0.1, -0.05) is 25.8 Å². The number of aliphatic hydroxyl groups excluding tert-OH is 1. The Hall–Kier alpha value is -1.42. The van der Waals surface area contributed by atoms with Crippen LogP contribution in [0, 0.1) is 5.92 Å². The predicted molar refractivity (Wildman–Crippen MR) is 83.1 cm³/mol. The average Bonchev–Trinajstić information content (AvgIpc) is 2.46. The lowest BCUT2D eigenvalue weighted by Crippen LogP contribution is -2.30. The van der Waals surface area contributed by atoms with E-state index in [4.69, 9.17) is 10.5 Å². The van der Waals surface area contributed by atoms with Crippen molar-refractivity contribution in [3.63, 3.8) is 0 Å². The van der Waals surface area contributed by atoms with E-state index in [2.05, 4.69) is 12.2 Å². The molecule has 2 atom stereocenters. The molecule has 0 heterocycles. The molecule has 20 heavy (non-hydrogen) atoms. The molecule has 1 aliphatic carbocycles. The van der Waals surface area contributed by atoms with Crippen LogP contribution in [0.15, 0.2) is 18.2 Å². The van der Waals surface area contributed by atoms with Gasteiger partial charge >= 0.3 is 0 Å². The van der Waals surface area contributed by atoms with E-state index in [9.17, 15) is 5.11 Å². The lowest BCUT2D eigenvalue weighted by molar-refractivity contribution is 0.0763. The van der Waals surface area contributed by atoms with Crippen molar-refractivity contribution in [1.29, 1.82) is 0 Å². The zero-order valence-electron chi connectivity index (χ0n) is 12.3. The van der Waals surface area contributed by atoms with E-state index in [0.29, 0.717) is 18.2 Å². The van der Waals surface area contributed by atoms with E-state index >= 15 is 0 Å². The number of ether oxygens (including phenoxy) is 1. The van der Waals surface area contributed by atoms with Crippen molar-refractivity contribution < 1.29 is 9.84 Å². The van der Waals surface area contributed by atoms with Crippen LogP contribution in [0.5, 0.6) is 5.75 Å². The second-order valence-corrected chi connectivity index (χ2v) is 5.56. The van der Waals surface area contributed by atoms with Crippen molar-refractivity contribution in [2.75, 3.05) is 24.2 Å². The van der Waals surface area contributed by atoms with Crippen molar-refractivity contribution in [1.82, 2.24) is 0 Å². The topological polar surface area (TPSA) is 67.5 Å². The highest BCUT2D eigenvalue weighted by Gasteiger charge is 2.22. The van der Waals surface area contributed by atoms with E-state index in [1.807, 2.05) is 18.2 Å². The Balaban J connectivity index is 1.95. The lowest BCUT2D eigenvalue weighted by atomic mass is 9.86. The first-order chi connectivity index (χ1) is 9.72. The molecule has 4 N–H and O–H groups in total. The quantitative estimate of drug-likeness (QED) is 0.700. The van der Waals surface area contributed by atoms with Crippen molar-refractivity contribution in [2.24, 2.45) is 5.92 Å². The molecule has 4 nitrogen and oxygen atoms in total. The summed E-state index contributed by atoms with van der Waals surface area (Å²) in [6.07, 6.45) is 5.13. The first-order valence-electron chi connectivity index (χ1n) is 7.65. The number of rotatable bonds is 6. The molecule has 4 heteroatoms. The second kappa shape index (κ2) is 7.39. The van der Waals surface area contributed by atoms with Crippen LogP contribution < -0.4 is 15.8 Å². The van der Waals surface area contributed by atoms with Crippen molar-refractivity contribution in [2.45, 2.75) is 45.1 Å². The summed E-state index contributed by atoms with van der Waals surface area (Å²) in [6, 6.07) is 5.80. The molecule has 0 saturated heterocycles. The van der Waals surface area contributed by atoms with Gasteiger partial charge in [0.05, 0.1) is 24.1 Å². The SMILES string of the molecule is CCCOc1cccc(NCC2CCCCC2O)c1N. The number of nitrogens with one attached hydrogen (secondary N) is 1. The number of hydrogen-bond donors (Lipinski definition) is 3. The molecule has 2 unspecified atom stereocenters. The highest BCUT2D eigenvalue weighted by molar-refractivity contribution is 5.72. The second-order valence-electron chi connectivity index (χ2n) is 5.56. The number of nitrogens with two attached hydrogens (primary N) is 1. The number of hydrogen-bond acceptors (Lipinski definition) is 4. The maximum atomic E-state index is 9.99. The molecule has 0 aliphatic heterocycles. The van der Waals surface area contributed by atoms with Crippen LogP contribution in [0.2, 0.25) is 0 Å². The summed E-state index contributed by atoms with van der Waals surface area (Å²) < 4.78 is 5.63. The van der Waals surface area contributed by atoms with Gasteiger partial charge < -0.3 is 20.9 Å². The summed E-state index contributed by atoms with van der Waals surface area (Å²) in [5.41, 5.74) is 7.68. The minimum atomic E-state index is -0.183. The van der Waals surface area contributed by atoms with Gasteiger partial charge in [-0.15, -0.1) is 0 Å². The number of para-hydroxylation sites is 1. The molecule has 1 saturated carbocycles. The van der Waals surface area contributed by atoms with E-state index in [0.717, 1.165) is 43.7 Å². The molecule has 2 rings (SSSR count). The first-order valence-corrected chi connectivity index (χ1v) is 7.65. The van der Waals surface area contributed by atoms with Gasteiger partial charge in [-0.2, -0.15) is 0 Å². The third-order valence-corrected chi connectivity index (χ3v) is 3.95. The first kappa shape index (κ1) is 15.0. The van der Waals surface area contributed by atoms with Crippen molar-refractivity contribution >= 4 is 11.4 Å². The van der Waals surface area contributed by atoms with Crippen LogP contribution in [0.1, 0.15) is 39.0 Å². The van der Waals surface area contributed by atoms with Crippen LogP contribution >= 0.6 is 0 Å². The number of aliphatic hydroxyl groups is 1. The van der Waals surface area contributed by atoms with Crippen LogP contribution in [0.3, 0.4) is 0 Å². The third kappa shape index (κ3) is 3.79. The van der Waals surface area contributed by atoms with Gasteiger partial charge in [0, 0.05) is 12.5 Å². The largest absolute Gasteiger partial charge is 0.491 e. The zero-order valence-corrected chi connectivity index (χ0v) is 12.3. The summed E-state index contributed by atoms with van der Waals surface area (Å²) in [6.45, 7) is 3.51. The maximum absolute atomic E-state index is 9.99. The summed E-state index contributed by atoms with van der Waals surface area (Å²) in [4.78, 5) is 0. The van der Waals surface area contributed by atoms with Gasteiger partial charge in [0.15, 0.2) is 0 Å². The van der Waals surface area contributed by atoms with Crippen LogP contribution in [0.4, 0.5) is 11.4 Å². The molecule has 0 radical (unpaired) electrons. The Labute approximate surface area is 121 Å². The smallest absolute Gasteiger partial charge is 0.144 e. The highest BCUT2D eigenvalue weighted by Crippen LogP contribution is 2.31. The molecule has 112 valence electrons. The molecular weight excluding hydrogens is 252 g/mol. The Kier molecular flexibility index (Phi) is 5.53. The average molecular weight is 278 g/mol. The van der Waals surface area contributed by atoms with Gasteiger partial charge in [-0.3, -0.25) is 0 Å². The number of benzene rings is 1. The fourth-order valence-corrected chi connectivity index (χ4v) is 2.70. The monoisotopic (exact) mass is 278 g/mol. The van der Waals surface area contributed by atoms with E-state index in [1.165, 1.54) is 6.42 Å². The minimum absolute atomic E-state index is 0.183. The van der Waals surface area contributed by atoms with Gasteiger partial charge in [0.1, 0.15) is 5.75 Å². The summed E-state index contributed by atoms with van der Waals surface area (Å²) in [7, 11) is 0. The molecule has 1 aromatic rings. The van der Waals surface area contributed by atoms with Gasteiger partial charge in [0.25, 0.3) is 0 Å². The standard InChI is InChI=1S/C16H26N2O2/c1-2-10-20-15-9-5-7-13(16(15)17)18-11-12-6-3-4-8-14(12)19/h5,7,9,12,14,18-19H,2-4,6,8,10-11,17H2,1H3. The highest BCUT2D eigenvalue weighted by atomic mass is 16.5. The molecule has 0 spiro atoms. The molecular formula is C16H26N2O2. The van der Waals surface area contributed by atoms with Gasteiger partial charge in [0.2, 0.25) is 0 Å². The molecule has 0 aromatic heterocycles. The third-order valence-electron chi connectivity index (χ3n) is 3.95. The summed E-state index contributed by atoms with van der Waals surface area (Å²) >= 11 is 0. The van der Waals surface area contributed by atoms with E-state index < -0.39 is 0 Å². The Bertz CT molecular complexity index is 423. The molecule has 1 fully saturated rings. The van der Waals surface area contributed by atoms with Crippen LogP contribution in [0.25, 0.3) is 0 Å². The maximum Gasteiger partial charge on any atom is 0.144 e. The van der Waals surface area contributed by atoms with E-state index in [1.54, 1.807) is 0 Å². The Morgan fingerprint density at radius 3 is 2.90 bits per heavy atom. The number of anilines is 2. The summed E-state index contributed by atoms with van der Waals surface area (Å²) in [5.74, 6) is 1.06. The van der Waals surface area contributed by atoms with Crippen LogP contribution in [-0.4, -0.2) is 24.4 Å². The normalized spacial score (nSPS) is 22.5. The predicted octanol–water partition coefficient (Wildman–Crippen LogP) is 3.02. The summed E-state index contributed by atoms with van der Waals surface area (Å²) in [5, 5.41) is 13.4. The molecule has 0 amide bonds. The fourth-order valence-electron chi connectivity index (χ4n) is 2.70. The van der Waals surface area contributed by atoms with Crippen molar-refractivity contribution in [3.8, 4) is 5.75 Å². The lowest BCUT2D eigenvalue weighted by Gasteiger charge is -2.28. The van der Waals surface area contributed by atoms with Crippen LogP contribution in [-0.2, 0) is 0 Å². The molecule has 1 aliphatic rings. The Morgan fingerprint density at radius 1 is 1.35 bits per heavy atom. The van der Waals surface area contributed by atoms with E-state index in [-0.39, 0.29) is 6.10 Å². The van der Waals surface area contributed by atoms with Gasteiger partial charge in [-0.05, 0) is 31.4 Å². The number of nitrogen functional groups attached to an aromatic ring is 1. The minimum Gasteiger partial charge on any atom is -0.491 e. The molecule has 0 bridgehead atoms.